The maximum Gasteiger partial charge on any atom is 0.416 e. The normalized spacial score (nSPS) is 11.7. The standard InChI is InChI=1S/C16H7F6NO2/c17-15(18,19)11-5-10(6-12(7-11)16(20,21)22)14(24)25-13-3-1-9(8-23)2-4-13/h1-7H. The molecule has 0 amide bonds. The van der Waals surface area contributed by atoms with Crippen LogP contribution in [0.3, 0.4) is 0 Å². The molecule has 2 aromatic rings. The summed E-state index contributed by atoms with van der Waals surface area (Å²) in [5.74, 6) is -1.52. The van der Waals surface area contributed by atoms with Crippen LogP contribution in [0.1, 0.15) is 27.0 Å². The van der Waals surface area contributed by atoms with E-state index in [1.165, 1.54) is 24.3 Å². The molecule has 0 fully saturated rings. The minimum atomic E-state index is -5.06. The molecule has 0 radical (unpaired) electrons. The van der Waals surface area contributed by atoms with Crippen molar-refractivity contribution in [3.8, 4) is 11.8 Å². The quantitative estimate of drug-likeness (QED) is 0.439. The third-order valence-corrected chi connectivity index (χ3v) is 3.02. The lowest BCUT2D eigenvalue weighted by Crippen LogP contribution is -2.15. The Balaban J connectivity index is 2.39. The van der Waals surface area contributed by atoms with Crippen LogP contribution < -0.4 is 4.74 Å². The second-order valence-corrected chi connectivity index (χ2v) is 4.82. The Morgan fingerprint density at radius 1 is 0.880 bits per heavy atom. The predicted octanol–water partition coefficient (Wildman–Crippen LogP) is 4.82. The molecule has 2 aromatic carbocycles. The first kappa shape index (κ1) is 18.3. The van der Waals surface area contributed by atoms with Gasteiger partial charge in [0.05, 0.1) is 28.3 Å². The highest BCUT2D eigenvalue weighted by Gasteiger charge is 2.37. The molecule has 0 aliphatic carbocycles. The molecule has 0 unspecified atom stereocenters. The lowest BCUT2D eigenvalue weighted by atomic mass is 10.0. The minimum absolute atomic E-state index is 0.0848. The van der Waals surface area contributed by atoms with Crippen LogP contribution in [0, 0.1) is 11.3 Å². The van der Waals surface area contributed by atoms with Crippen molar-refractivity contribution in [3.63, 3.8) is 0 Å². The van der Waals surface area contributed by atoms with E-state index in [-0.39, 0.29) is 29.5 Å². The summed E-state index contributed by atoms with van der Waals surface area (Å²) < 4.78 is 81.3. The van der Waals surface area contributed by atoms with E-state index >= 15 is 0 Å². The Labute approximate surface area is 137 Å². The van der Waals surface area contributed by atoms with Crippen LogP contribution in [0.5, 0.6) is 5.75 Å². The topological polar surface area (TPSA) is 50.1 Å². The molecule has 0 atom stereocenters. The Morgan fingerprint density at radius 2 is 1.36 bits per heavy atom. The molecule has 0 aliphatic heterocycles. The van der Waals surface area contributed by atoms with E-state index in [9.17, 15) is 31.1 Å². The summed E-state index contributed by atoms with van der Waals surface area (Å²) >= 11 is 0. The molecule has 9 heteroatoms. The zero-order chi connectivity index (χ0) is 18.8. The van der Waals surface area contributed by atoms with Crippen molar-refractivity contribution in [1.29, 1.82) is 5.26 Å². The van der Waals surface area contributed by atoms with Crippen LogP contribution in [-0.2, 0) is 12.4 Å². The summed E-state index contributed by atoms with van der Waals surface area (Å²) in [7, 11) is 0. The van der Waals surface area contributed by atoms with E-state index in [4.69, 9.17) is 10.00 Å². The number of halogens is 6. The number of nitriles is 1. The Morgan fingerprint density at radius 3 is 1.76 bits per heavy atom. The molecule has 0 saturated carbocycles. The highest BCUT2D eigenvalue weighted by molar-refractivity contribution is 5.91. The Kier molecular flexibility index (Phi) is 4.74. The van der Waals surface area contributed by atoms with Crippen molar-refractivity contribution in [3.05, 3.63) is 64.7 Å². The number of hydrogen-bond acceptors (Lipinski definition) is 3. The molecule has 3 nitrogen and oxygen atoms in total. The van der Waals surface area contributed by atoms with Crippen LogP contribution in [0.2, 0.25) is 0 Å². The number of benzene rings is 2. The van der Waals surface area contributed by atoms with Crippen LogP contribution in [0.4, 0.5) is 26.3 Å². The average molecular weight is 359 g/mol. The van der Waals surface area contributed by atoms with Gasteiger partial charge in [0.15, 0.2) is 0 Å². The summed E-state index contributed by atoms with van der Waals surface area (Å²) in [5.41, 5.74) is -3.90. The van der Waals surface area contributed by atoms with Gasteiger partial charge in [-0.1, -0.05) is 0 Å². The molecule has 0 aliphatic rings. The van der Waals surface area contributed by atoms with Gasteiger partial charge in [-0.25, -0.2) is 4.79 Å². The highest BCUT2D eigenvalue weighted by atomic mass is 19.4. The van der Waals surface area contributed by atoms with Gasteiger partial charge in [0, 0.05) is 0 Å². The lowest BCUT2D eigenvalue weighted by molar-refractivity contribution is -0.143. The largest absolute Gasteiger partial charge is 0.423 e. The first-order chi connectivity index (χ1) is 11.5. The monoisotopic (exact) mass is 359 g/mol. The first-order valence-corrected chi connectivity index (χ1v) is 6.52. The first-order valence-electron chi connectivity index (χ1n) is 6.52. The number of rotatable bonds is 2. The summed E-state index contributed by atoms with van der Waals surface area (Å²) in [6.07, 6.45) is -10.1. The van der Waals surface area contributed by atoms with Crippen molar-refractivity contribution in [2.45, 2.75) is 12.4 Å². The van der Waals surface area contributed by atoms with Gasteiger partial charge in [-0.15, -0.1) is 0 Å². The number of carbonyl (C=O) groups is 1. The van der Waals surface area contributed by atoms with Crippen molar-refractivity contribution < 1.29 is 35.9 Å². The molecule has 0 spiro atoms. The van der Waals surface area contributed by atoms with Crippen LogP contribution in [0.15, 0.2) is 42.5 Å². The molecule has 0 aromatic heterocycles. The summed E-state index contributed by atoms with van der Waals surface area (Å²) in [6, 6.07) is 7.20. The molecular weight excluding hydrogens is 352 g/mol. The second kappa shape index (κ2) is 6.47. The summed E-state index contributed by atoms with van der Waals surface area (Å²) in [4.78, 5) is 11.9. The maximum atomic E-state index is 12.8. The highest BCUT2D eigenvalue weighted by Crippen LogP contribution is 2.36. The lowest BCUT2D eigenvalue weighted by Gasteiger charge is -2.13. The molecule has 25 heavy (non-hydrogen) atoms. The number of ether oxygens (including phenoxy) is 1. The zero-order valence-electron chi connectivity index (χ0n) is 12.1. The zero-order valence-corrected chi connectivity index (χ0v) is 12.1. The van der Waals surface area contributed by atoms with E-state index in [0.29, 0.717) is 0 Å². The van der Waals surface area contributed by atoms with Gasteiger partial charge in [0.25, 0.3) is 0 Å². The van der Waals surface area contributed by atoms with Crippen LogP contribution >= 0.6 is 0 Å². The number of alkyl halides is 6. The molecule has 2 rings (SSSR count). The molecule has 130 valence electrons. The van der Waals surface area contributed by atoms with Gasteiger partial charge in [0.2, 0.25) is 0 Å². The number of nitrogens with zero attached hydrogens (tertiary/aromatic N) is 1. The van der Waals surface area contributed by atoms with E-state index in [1.807, 2.05) is 0 Å². The van der Waals surface area contributed by atoms with Crippen LogP contribution in [-0.4, -0.2) is 5.97 Å². The van der Waals surface area contributed by atoms with E-state index in [2.05, 4.69) is 0 Å². The third-order valence-electron chi connectivity index (χ3n) is 3.02. The maximum absolute atomic E-state index is 12.8. The minimum Gasteiger partial charge on any atom is -0.423 e. The number of esters is 1. The van der Waals surface area contributed by atoms with Gasteiger partial charge in [0.1, 0.15) is 5.75 Å². The smallest absolute Gasteiger partial charge is 0.416 e. The fourth-order valence-electron chi connectivity index (χ4n) is 1.84. The van der Waals surface area contributed by atoms with Crippen LogP contribution in [0.25, 0.3) is 0 Å². The van der Waals surface area contributed by atoms with E-state index in [1.54, 1.807) is 6.07 Å². The molecule has 0 heterocycles. The second-order valence-electron chi connectivity index (χ2n) is 4.82. The average Bonchev–Trinajstić information content (AvgIpc) is 2.53. The fourth-order valence-corrected chi connectivity index (χ4v) is 1.84. The van der Waals surface area contributed by atoms with Gasteiger partial charge < -0.3 is 4.74 Å². The van der Waals surface area contributed by atoms with Crippen molar-refractivity contribution in [2.75, 3.05) is 0 Å². The predicted molar refractivity (Wildman–Crippen MR) is 72.6 cm³/mol. The van der Waals surface area contributed by atoms with Gasteiger partial charge >= 0.3 is 18.3 Å². The Hall–Kier alpha value is -3.02. The summed E-state index contributed by atoms with van der Waals surface area (Å²) in [6.45, 7) is 0. The molecular formula is C16H7F6NO2. The number of hydrogen-bond donors (Lipinski definition) is 0. The van der Waals surface area contributed by atoms with E-state index < -0.39 is 35.0 Å². The van der Waals surface area contributed by atoms with Gasteiger partial charge in [-0.05, 0) is 42.5 Å². The fraction of sp³-hybridized carbons (Fsp3) is 0.125. The van der Waals surface area contributed by atoms with Crippen molar-refractivity contribution in [1.82, 2.24) is 0 Å². The van der Waals surface area contributed by atoms with Gasteiger partial charge in [-0.2, -0.15) is 31.6 Å². The molecule has 0 saturated heterocycles. The molecule has 0 N–H and O–H groups in total. The molecule has 0 bridgehead atoms. The van der Waals surface area contributed by atoms with E-state index in [0.717, 1.165) is 0 Å². The summed E-state index contributed by atoms with van der Waals surface area (Å²) in [5, 5.41) is 8.63. The van der Waals surface area contributed by atoms with Gasteiger partial charge in [-0.3, -0.25) is 0 Å². The SMILES string of the molecule is N#Cc1ccc(OC(=O)c2cc(C(F)(F)F)cc(C(F)(F)F)c2)cc1. The Bertz CT molecular complexity index is 799. The van der Waals surface area contributed by atoms with Crippen molar-refractivity contribution >= 4 is 5.97 Å². The third kappa shape index (κ3) is 4.50. The van der Waals surface area contributed by atoms with Crippen molar-refractivity contribution in [2.24, 2.45) is 0 Å². The number of carbonyl (C=O) groups excluding carboxylic acids is 1.